The number of para-hydroxylation sites is 3. The zero-order valence-electron chi connectivity index (χ0n) is 15.1. The highest BCUT2D eigenvalue weighted by molar-refractivity contribution is 5.83. The summed E-state index contributed by atoms with van der Waals surface area (Å²) in [4.78, 5) is 24.1. The van der Waals surface area contributed by atoms with Crippen LogP contribution in [-0.2, 0) is 22.6 Å². The average Bonchev–Trinajstić information content (AvgIpc) is 3.15. The summed E-state index contributed by atoms with van der Waals surface area (Å²) in [6.45, 7) is 2.84. The summed E-state index contributed by atoms with van der Waals surface area (Å²) in [5.74, 6) is -0.680. The Bertz CT molecular complexity index is 1170. The molecule has 0 aliphatic carbocycles. The summed E-state index contributed by atoms with van der Waals surface area (Å²) in [7, 11) is 0. The van der Waals surface area contributed by atoms with Gasteiger partial charge in [-0.15, -0.1) is 0 Å². The standard InChI is InChI=1S/C21H20N2O4/c1-15-13-16-7-2-3-8-17(16)23(15)14-20(24)26-12-6-11-22-18-9-4-5-10-19(18)27-21(22)25/h2-5,7-10,13H,6,11-12,14H2,1H3. The second kappa shape index (κ2) is 7.15. The summed E-state index contributed by atoms with van der Waals surface area (Å²) in [6, 6.07) is 17.3. The lowest BCUT2D eigenvalue weighted by molar-refractivity contribution is -0.144. The van der Waals surface area contributed by atoms with E-state index in [0.29, 0.717) is 18.5 Å². The molecule has 4 rings (SSSR count). The minimum absolute atomic E-state index is 0.175. The Morgan fingerprint density at radius 2 is 1.78 bits per heavy atom. The van der Waals surface area contributed by atoms with Crippen molar-refractivity contribution in [2.45, 2.75) is 26.4 Å². The van der Waals surface area contributed by atoms with Gasteiger partial charge in [-0.3, -0.25) is 9.36 Å². The van der Waals surface area contributed by atoms with Crippen LogP contribution in [0.25, 0.3) is 22.0 Å². The molecule has 0 spiro atoms. The monoisotopic (exact) mass is 364 g/mol. The molecule has 0 fully saturated rings. The van der Waals surface area contributed by atoms with Gasteiger partial charge in [-0.2, -0.15) is 0 Å². The summed E-state index contributed by atoms with van der Waals surface area (Å²) >= 11 is 0. The third kappa shape index (κ3) is 3.38. The highest BCUT2D eigenvalue weighted by atomic mass is 16.5. The molecule has 0 saturated heterocycles. The Labute approximate surface area is 155 Å². The number of carbonyl (C=O) groups is 1. The van der Waals surface area contributed by atoms with Gasteiger partial charge in [-0.05, 0) is 43.0 Å². The van der Waals surface area contributed by atoms with E-state index in [1.807, 2.05) is 54.0 Å². The van der Waals surface area contributed by atoms with E-state index in [4.69, 9.17) is 9.15 Å². The molecule has 0 unspecified atom stereocenters. The number of hydrogen-bond acceptors (Lipinski definition) is 4. The fourth-order valence-corrected chi connectivity index (χ4v) is 3.37. The van der Waals surface area contributed by atoms with Gasteiger partial charge in [0.2, 0.25) is 0 Å². The van der Waals surface area contributed by atoms with Crippen molar-refractivity contribution in [3.05, 3.63) is 70.8 Å². The molecule has 0 aliphatic heterocycles. The first-order valence-electron chi connectivity index (χ1n) is 8.92. The van der Waals surface area contributed by atoms with Crippen LogP contribution in [-0.4, -0.2) is 21.7 Å². The van der Waals surface area contributed by atoms with Crippen LogP contribution in [0.5, 0.6) is 0 Å². The first kappa shape index (κ1) is 17.1. The molecule has 0 amide bonds. The maximum absolute atomic E-state index is 12.2. The first-order chi connectivity index (χ1) is 13.1. The Morgan fingerprint density at radius 3 is 2.63 bits per heavy atom. The van der Waals surface area contributed by atoms with E-state index in [2.05, 4.69) is 6.07 Å². The molecule has 2 aromatic heterocycles. The van der Waals surface area contributed by atoms with Crippen molar-refractivity contribution in [1.82, 2.24) is 9.13 Å². The molecule has 2 aromatic carbocycles. The van der Waals surface area contributed by atoms with Gasteiger partial charge in [0.05, 0.1) is 12.1 Å². The molecule has 0 saturated carbocycles. The van der Waals surface area contributed by atoms with Crippen LogP contribution in [0.4, 0.5) is 0 Å². The largest absolute Gasteiger partial charge is 0.464 e. The van der Waals surface area contributed by atoms with E-state index in [1.54, 1.807) is 10.6 Å². The number of oxazole rings is 1. The van der Waals surface area contributed by atoms with Crippen LogP contribution in [0.2, 0.25) is 0 Å². The third-order valence-electron chi connectivity index (χ3n) is 4.67. The number of hydrogen-bond donors (Lipinski definition) is 0. The van der Waals surface area contributed by atoms with Crippen molar-refractivity contribution >= 4 is 28.0 Å². The van der Waals surface area contributed by atoms with E-state index in [1.165, 1.54) is 0 Å². The topological polar surface area (TPSA) is 66.4 Å². The van der Waals surface area contributed by atoms with E-state index in [9.17, 15) is 9.59 Å². The van der Waals surface area contributed by atoms with E-state index in [0.717, 1.165) is 22.1 Å². The van der Waals surface area contributed by atoms with Crippen molar-refractivity contribution in [1.29, 1.82) is 0 Å². The Morgan fingerprint density at radius 1 is 1.04 bits per heavy atom. The fourth-order valence-electron chi connectivity index (χ4n) is 3.37. The van der Waals surface area contributed by atoms with Crippen LogP contribution < -0.4 is 5.76 Å². The van der Waals surface area contributed by atoms with Crippen molar-refractivity contribution in [3.63, 3.8) is 0 Å². The van der Waals surface area contributed by atoms with Gasteiger partial charge < -0.3 is 13.7 Å². The zero-order valence-corrected chi connectivity index (χ0v) is 15.1. The summed E-state index contributed by atoms with van der Waals surface area (Å²) in [6.07, 6.45) is 0.542. The molecule has 0 radical (unpaired) electrons. The first-order valence-corrected chi connectivity index (χ1v) is 8.92. The zero-order chi connectivity index (χ0) is 18.8. The molecule has 6 nitrogen and oxygen atoms in total. The summed E-state index contributed by atoms with van der Waals surface area (Å²) in [5, 5.41) is 1.11. The number of fused-ring (bicyclic) bond motifs is 2. The smallest absolute Gasteiger partial charge is 0.419 e. The van der Waals surface area contributed by atoms with Crippen LogP contribution in [0, 0.1) is 6.92 Å². The lowest BCUT2D eigenvalue weighted by Gasteiger charge is -2.09. The molecule has 0 aliphatic rings. The number of aryl methyl sites for hydroxylation is 2. The van der Waals surface area contributed by atoms with Crippen molar-refractivity contribution in [2.75, 3.05) is 6.61 Å². The van der Waals surface area contributed by atoms with Gasteiger partial charge in [-0.1, -0.05) is 30.3 Å². The minimum Gasteiger partial charge on any atom is -0.464 e. The highest BCUT2D eigenvalue weighted by Gasteiger charge is 2.11. The molecule has 27 heavy (non-hydrogen) atoms. The number of rotatable bonds is 6. The maximum Gasteiger partial charge on any atom is 0.419 e. The van der Waals surface area contributed by atoms with Crippen molar-refractivity contribution in [3.8, 4) is 0 Å². The summed E-state index contributed by atoms with van der Waals surface area (Å²) in [5.41, 5.74) is 3.35. The normalized spacial score (nSPS) is 11.3. The van der Waals surface area contributed by atoms with Crippen LogP contribution >= 0.6 is 0 Å². The minimum atomic E-state index is -0.392. The van der Waals surface area contributed by atoms with Gasteiger partial charge in [0.15, 0.2) is 5.58 Å². The number of benzene rings is 2. The molecule has 4 aromatic rings. The van der Waals surface area contributed by atoms with Crippen LogP contribution in [0.1, 0.15) is 12.1 Å². The lowest BCUT2D eigenvalue weighted by atomic mass is 10.2. The quantitative estimate of drug-likeness (QED) is 0.388. The number of aromatic nitrogens is 2. The van der Waals surface area contributed by atoms with Crippen molar-refractivity contribution < 1.29 is 13.9 Å². The van der Waals surface area contributed by atoms with Crippen molar-refractivity contribution in [2.24, 2.45) is 0 Å². The van der Waals surface area contributed by atoms with Gasteiger partial charge in [0, 0.05) is 17.8 Å². The van der Waals surface area contributed by atoms with E-state index < -0.39 is 5.76 Å². The van der Waals surface area contributed by atoms with Crippen LogP contribution in [0.3, 0.4) is 0 Å². The molecular weight excluding hydrogens is 344 g/mol. The summed E-state index contributed by atoms with van der Waals surface area (Å²) < 4.78 is 14.1. The Balaban J connectivity index is 1.35. The maximum atomic E-state index is 12.2. The third-order valence-corrected chi connectivity index (χ3v) is 4.67. The second-order valence-corrected chi connectivity index (χ2v) is 6.49. The number of esters is 1. The second-order valence-electron chi connectivity index (χ2n) is 6.49. The van der Waals surface area contributed by atoms with Gasteiger partial charge >= 0.3 is 11.7 Å². The highest BCUT2D eigenvalue weighted by Crippen LogP contribution is 2.19. The van der Waals surface area contributed by atoms with Gasteiger partial charge in [0.25, 0.3) is 0 Å². The average molecular weight is 364 g/mol. The molecule has 2 heterocycles. The molecular formula is C21H20N2O4. The molecule has 0 N–H and O–H groups in total. The molecule has 138 valence electrons. The molecule has 0 bridgehead atoms. The molecule has 0 atom stereocenters. The number of carbonyl (C=O) groups excluding carboxylic acids is 1. The van der Waals surface area contributed by atoms with Gasteiger partial charge in [0.1, 0.15) is 6.54 Å². The number of ether oxygens (including phenoxy) is 1. The predicted molar refractivity (Wildman–Crippen MR) is 103 cm³/mol. The Hall–Kier alpha value is -3.28. The number of nitrogens with zero attached hydrogens (tertiary/aromatic N) is 2. The SMILES string of the molecule is Cc1cc2ccccc2n1CC(=O)OCCCn1c(=O)oc2ccccc21. The predicted octanol–water partition coefficient (Wildman–Crippen LogP) is 3.49. The fraction of sp³-hybridized carbons (Fsp3) is 0.238. The van der Waals surface area contributed by atoms with Gasteiger partial charge in [-0.25, -0.2) is 4.79 Å². The van der Waals surface area contributed by atoms with Crippen LogP contribution in [0.15, 0.2) is 63.8 Å². The molecule has 6 heteroatoms. The van der Waals surface area contributed by atoms with E-state index >= 15 is 0 Å². The lowest BCUT2D eigenvalue weighted by Crippen LogP contribution is -2.18. The Kier molecular flexibility index (Phi) is 4.54. The van der Waals surface area contributed by atoms with E-state index in [-0.39, 0.29) is 19.1 Å².